The van der Waals surface area contributed by atoms with E-state index in [1.165, 1.54) is 18.2 Å². The molecule has 2 atom stereocenters. The third-order valence-corrected chi connectivity index (χ3v) is 6.41. The molecule has 0 aliphatic carbocycles. The highest BCUT2D eigenvalue weighted by Gasteiger charge is 2.41. The molecule has 0 radical (unpaired) electrons. The van der Waals surface area contributed by atoms with Gasteiger partial charge in [-0.15, -0.1) is 0 Å². The van der Waals surface area contributed by atoms with Crippen molar-refractivity contribution in [1.29, 1.82) is 0 Å². The molecule has 1 fully saturated rings. The van der Waals surface area contributed by atoms with Crippen molar-refractivity contribution in [3.63, 3.8) is 0 Å². The van der Waals surface area contributed by atoms with E-state index in [-0.39, 0.29) is 18.1 Å². The van der Waals surface area contributed by atoms with E-state index in [2.05, 4.69) is 70.1 Å². The average molecular weight is 449 g/mol. The molecule has 2 unspecified atom stereocenters. The summed E-state index contributed by atoms with van der Waals surface area (Å²) in [6, 6.07) is 16.5. The summed E-state index contributed by atoms with van der Waals surface area (Å²) < 4.78 is 7.03. The largest absolute Gasteiger partial charge is 0.469 e. The zero-order chi connectivity index (χ0) is 22.7. The van der Waals surface area contributed by atoms with Crippen molar-refractivity contribution in [2.45, 2.75) is 38.8 Å². The van der Waals surface area contributed by atoms with E-state index in [0.717, 1.165) is 17.1 Å². The highest BCUT2D eigenvalue weighted by Crippen LogP contribution is 2.39. The fourth-order valence-corrected chi connectivity index (χ4v) is 4.54. The summed E-state index contributed by atoms with van der Waals surface area (Å²) in [5.41, 5.74) is 5.68. The Morgan fingerprint density at radius 3 is 2.72 bits per heavy atom. The van der Waals surface area contributed by atoms with Gasteiger partial charge in [0.05, 0.1) is 24.9 Å². The summed E-state index contributed by atoms with van der Waals surface area (Å²) in [6.07, 6.45) is 4.90. The van der Waals surface area contributed by atoms with Gasteiger partial charge in [0.15, 0.2) is 5.11 Å². The Morgan fingerprint density at radius 2 is 2.00 bits per heavy atom. The van der Waals surface area contributed by atoms with Gasteiger partial charge < -0.3 is 19.5 Å². The van der Waals surface area contributed by atoms with Crippen LogP contribution in [0.5, 0.6) is 0 Å². The molecule has 0 spiro atoms. The number of rotatable bonds is 7. The lowest BCUT2D eigenvalue weighted by Crippen LogP contribution is -2.31. The molecule has 1 aromatic carbocycles. The van der Waals surface area contributed by atoms with Gasteiger partial charge >= 0.3 is 5.97 Å². The smallest absolute Gasteiger partial charge is 0.305 e. The summed E-state index contributed by atoms with van der Waals surface area (Å²) in [6.45, 7) is 4.90. The van der Waals surface area contributed by atoms with Gasteiger partial charge in [-0.2, -0.15) is 0 Å². The van der Waals surface area contributed by atoms with Gasteiger partial charge in [0.25, 0.3) is 0 Å². The Hall–Kier alpha value is -3.19. The number of nitrogens with one attached hydrogen (secondary N) is 1. The van der Waals surface area contributed by atoms with E-state index < -0.39 is 0 Å². The first-order chi connectivity index (χ1) is 15.5. The molecule has 1 saturated heterocycles. The summed E-state index contributed by atoms with van der Waals surface area (Å²) in [4.78, 5) is 18.4. The molecule has 2 aromatic heterocycles. The quantitative estimate of drug-likeness (QED) is 0.427. The van der Waals surface area contributed by atoms with Crippen LogP contribution in [-0.4, -0.2) is 39.2 Å². The number of thiocarbonyl (C=S) groups is 1. The predicted octanol–water partition coefficient (Wildman–Crippen LogP) is 4.41. The Labute approximate surface area is 194 Å². The molecule has 0 saturated carbocycles. The van der Waals surface area contributed by atoms with E-state index in [4.69, 9.17) is 17.0 Å². The minimum atomic E-state index is -0.209. The number of carbonyl (C=O) groups is 1. The Balaban J connectivity index is 1.72. The van der Waals surface area contributed by atoms with Crippen LogP contribution in [0.4, 0.5) is 0 Å². The zero-order valence-corrected chi connectivity index (χ0v) is 19.4. The van der Waals surface area contributed by atoms with Crippen LogP contribution in [0, 0.1) is 13.8 Å². The van der Waals surface area contributed by atoms with Crippen LogP contribution in [0.25, 0.3) is 5.69 Å². The number of aryl methyl sites for hydroxylation is 2. The third kappa shape index (κ3) is 4.39. The molecule has 32 heavy (non-hydrogen) atoms. The SMILES string of the molecule is COC(=O)CCCN1C(=S)NC(c2ccccn2)C1c1cccn1-c1ccc(C)c(C)c1. The molecule has 166 valence electrons. The zero-order valence-electron chi connectivity index (χ0n) is 18.6. The maximum atomic E-state index is 11.7. The van der Waals surface area contributed by atoms with Crippen molar-refractivity contribution in [2.75, 3.05) is 13.7 Å². The van der Waals surface area contributed by atoms with Crippen LogP contribution < -0.4 is 5.32 Å². The molecule has 7 heteroatoms. The Morgan fingerprint density at radius 1 is 1.16 bits per heavy atom. The summed E-state index contributed by atoms with van der Waals surface area (Å²) in [5.74, 6) is -0.209. The van der Waals surface area contributed by atoms with E-state index in [1.54, 1.807) is 6.20 Å². The number of methoxy groups -OCH3 is 1. The van der Waals surface area contributed by atoms with E-state index >= 15 is 0 Å². The first-order valence-corrected chi connectivity index (χ1v) is 11.2. The van der Waals surface area contributed by atoms with Crippen molar-refractivity contribution < 1.29 is 9.53 Å². The molecule has 6 nitrogen and oxygen atoms in total. The number of pyridine rings is 1. The van der Waals surface area contributed by atoms with Crippen molar-refractivity contribution in [1.82, 2.24) is 19.8 Å². The molecule has 0 amide bonds. The lowest BCUT2D eigenvalue weighted by Gasteiger charge is -2.29. The highest BCUT2D eigenvalue weighted by atomic mass is 32.1. The molecule has 1 aliphatic heterocycles. The minimum Gasteiger partial charge on any atom is -0.469 e. The van der Waals surface area contributed by atoms with Crippen LogP contribution in [-0.2, 0) is 9.53 Å². The van der Waals surface area contributed by atoms with Crippen LogP contribution in [0.1, 0.15) is 47.4 Å². The number of hydrogen-bond donors (Lipinski definition) is 1. The van der Waals surface area contributed by atoms with Crippen molar-refractivity contribution in [3.05, 3.63) is 83.4 Å². The maximum Gasteiger partial charge on any atom is 0.305 e. The molecule has 3 aromatic rings. The predicted molar refractivity (Wildman–Crippen MR) is 129 cm³/mol. The monoisotopic (exact) mass is 448 g/mol. The highest BCUT2D eigenvalue weighted by molar-refractivity contribution is 7.80. The van der Waals surface area contributed by atoms with Crippen LogP contribution in [0.3, 0.4) is 0 Å². The van der Waals surface area contributed by atoms with Gasteiger partial charge in [-0.25, -0.2) is 0 Å². The second-order valence-electron chi connectivity index (χ2n) is 8.07. The standard InChI is InChI=1S/C25H28N4O2S/c1-17-11-12-19(16-18(17)2)28-14-6-9-21(28)24-23(20-8-4-5-13-26-20)27-25(32)29(24)15-7-10-22(30)31-3/h4-6,8-9,11-14,16,23-24H,7,10,15H2,1-3H3,(H,27,32). The number of esters is 1. The second-order valence-corrected chi connectivity index (χ2v) is 8.46. The summed E-state index contributed by atoms with van der Waals surface area (Å²) in [5, 5.41) is 4.15. The number of benzene rings is 1. The van der Waals surface area contributed by atoms with Crippen LogP contribution >= 0.6 is 12.2 Å². The second kappa shape index (κ2) is 9.53. The summed E-state index contributed by atoms with van der Waals surface area (Å²) >= 11 is 5.74. The lowest BCUT2D eigenvalue weighted by molar-refractivity contribution is -0.140. The lowest BCUT2D eigenvalue weighted by atomic mass is 10.0. The number of ether oxygens (including phenoxy) is 1. The average Bonchev–Trinajstić information content (AvgIpc) is 3.40. The van der Waals surface area contributed by atoms with Crippen molar-refractivity contribution in [3.8, 4) is 5.69 Å². The number of carbonyl (C=O) groups excluding carboxylic acids is 1. The minimum absolute atomic E-state index is 0.0633. The molecule has 1 N–H and O–H groups in total. The topological polar surface area (TPSA) is 59.4 Å². The van der Waals surface area contributed by atoms with E-state index in [1.807, 2.05) is 18.2 Å². The van der Waals surface area contributed by atoms with E-state index in [0.29, 0.717) is 24.5 Å². The van der Waals surface area contributed by atoms with Crippen molar-refractivity contribution >= 4 is 23.3 Å². The molecule has 1 aliphatic rings. The normalized spacial score (nSPS) is 18.0. The number of nitrogens with zero attached hydrogens (tertiary/aromatic N) is 3. The van der Waals surface area contributed by atoms with Gasteiger partial charge in [0.2, 0.25) is 0 Å². The fourth-order valence-electron chi connectivity index (χ4n) is 4.21. The summed E-state index contributed by atoms with van der Waals surface area (Å²) in [7, 11) is 1.42. The van der Waals surface area contributed by atoms with Gasteiger partial charge in [0.1, 0.15) is 0 Å². The molecular formula is C25H28N4O2S. The first-order valence-electron chi connectivity index (χ1n) is 10.8. The van der Waals surface area contributed by atoms with Crippen LogP contribution in [0.15, 0.2) is 60.9 Å². The number of aromatic nitrogens is 2. The Bertz CT molecular complexity index is 1110. The maximum absolute atomic E-state index is 11.7. The molecular weight excluding hydrogens is 420 g/mol. The van der Waals surface area contributed by atoms with E-state index in [9.17, 15) is 4.79 Å². The van der Waals surface area contributed by atoms with Gasteiger partial charge in [-0.05, 0) is 80.0 Å². The molecule has 0 bridgehead atoms. The fraction of sp³-hybridized carbons (Fsp3) is 0.320. The first kappa shape index (κ1) is 22.0. The molecule has 4 rings (SSSR count). The third-order valence-electron chi connectivity index (χ3n) is 6.06. The van der Waals surface area contributed by atoms with Crippen LogP contribution in [0.2, 0.25) is 0 Å². The van der Waals surface area contributed by atoms with Gasteiger partial charge in [0, 0.05) is 36.7 Å². The molecule has 3 heterocycles. The van der Waals surface area contributed by atoms with Gasteiger partial charge in [-0.1, -0.05) is 12.1 Å². The number of hydrogen-bond acceptors (Lipinski definition) is 4. The van der Waals surface area contributed by atoms with Gasteiger partial charge in [-0.3, -0.25) is 9.78 Å². The van der Waals surface area contributed by atoms with Crippen molar-refractivity contribution in [2.24, 2.45) is 0 Å². The Kier molecular flexibility index (Phi) is 6.55.